The van der Waals surface area contributed by atoms with Crippen molar-refractivity contribution in [2.24, 2.45) is 0 Å². The molecule has 0 bridgehead atoms. The molecule has 150 valence electrons. The molecule has 1 saturated heterocycles. The number of carbonyl (C=O) groups excluding carboxylic acids is 1. The van der Waals surface area contributed by atoms with Gasteiger partial charge in [0.1, 0.15) is 4.70 Å². The van der Waals surface area contributed by atoms with Gasteiger partial charge in [0.15, 0.2) is 11.5 Å². The number of hydrogen-bond acceptors (Lipinski definition) is 4. The summed E-state index contributed by atoms with van der Waals surface area (Å²) in [7, 11) is 3.26. The van der Waals surface area contributed by atoms with Crippen molar-refractivity contribution in [1.29, 1.82) is 0 Å². The smallest absolute Gasteiger partial charge is 0.288 e. The van der Waals surface area contributed by atoms with E-state index in [1.807, 2.05) is 41.3 Å². The number of nitrogens with zero attached hydrogens (tertiary/aromatic N) is 2. The van der Waals surface area contributed by atoms with Crippen LogP contribution in [0.15, 0.2) is 42.5 Å². The average molecular weight is 410 g/mol. The van der Waals surface area contributed by atoms with Crippen LogP contribution < -0.4 is 14.0 Å². The van der Waals surface area contributed by atoms with E-state index in [0.29, 0.717) is 18.0 Å². The molecule has 0 N–H and O–H groups in total. The maximum absolute atomic E-state index is 12.8. The molecule has 2 heterocycles. The lowest BCUT2D eigenvalue weighted by atomic mass is 10.2. The summed E-state index contributed by atoms with van der Waals surface area (Å²) in [5, 5.41) is 1.05. The summed E-state index contributed by atoms with van der Waals surface area (Å²) in [6.45, 7) is 2.12. The van der Waals surface area contributed by atoms with E-state index in [9.17, 15) is 4.79 Å². The second-order valence-electron chi connectivity index (χ2n) is 7.03. The van der Waals surface area contributed by atoms with Gasteiger partial charge in [0, 0.05) is 25.2 Å². The Morgan fingerprint density at radius 1 is 1.07 bits per heavy atom. The van der Waals surface area contributed by atoms with Crippen LogP contribution in [0.1, 0.15) is 23.4 Å². The number of ether oxygens (including phenoxy) is 2. The molecule has 6 heteroatoms. The minimum Gasteiger partial charge on any atom is -0.493 e. The maximum Gasteiger partial charge on any atom is 0.288 e. The number of likely N-dealkylation sites (tertiary alicyclic amines) is 1. The van der Waals surface area contributed by atoms with Gasteiger partial charge in [-0.3, -0.25) is 4.79 Å². The zero-order valence-electron chi connectivity index (χ0n) is 16.8. The first-order valence-electron chi connectivity index (χ1n) is 9.79. The van der Waals surface area contributed by atoms with Gasteiger partial charge >= 0.3 is 0 Å². The molecule has 3 aromatic rings. The van der Waals surface area contributed by atoms with Crippen molar-refractivity contribution < 1.29 is 18.8 Å². The predicted molar refractivity (Wildman–Crippen MR) is 116 cm³/mol. The zero-order valence-corrected chi connectivity index (χ0v) is 17.6. The van der Waals surface area contributed by atoms with E-state index in [1.165, 1.54) is 4.70 Å². The number of para-hydroxylation sites is 1. The van der Waals surface area contributed by atoms with E-state index < -0.39 is 0 Å². The van der Waals surface area contributed by atoms with Gasteiger partial charge in [-0.2, -0.15) is 4.57 Å². The van der Waals surface area contributed by atoms with Crippen LogP contribution in [0.25, 0.3) is 22.4 Å². The van der Waals surface area contributed by atoms with Crippen molar-refractivity contribution in [2.75, 3.05) is 27.3 Å². The third-order valence-electron chi connectivity index (χ3n) is 5.21. The van der Waals surface area contributed by atoms with Crippen molar-refractivity contribution in [3.8, 4) is 11.5 Å². The predicted octanol–water partition coefficient (Wildman–Crippen LogP) is 4.00. The Morgan fingerprint density at radius 3 is 2.59 bits per heavy atom. The number of methoxy groups -OCH3 is 2. The maximum atomic E-state index is 12.8. The fraction of sp³-hybridized carbons (Fsp3) is 0.304. The number of aromatic nitrogens is 1. The highest BCUT2D eigenvalue weighted by Crippen LogP contribution is 2.29. The molecular weight excluding hydrogens is 384 g/mol. The van der Waals surface area contributed by atoms with Crippen LogP contribution in [0.5, 0.6) is 11.5 Å². The normalized spacial score (nSPS) is 14.1. The van der Waals surface area contributed by atoms with Gasteiger partial charge in [0.25, 0.3) is 10.9 Å². The molecule has 0 spiro atoms. The first kappa shape index (κ1) is 19.5. The minimum atomic E-state index is 0.191. The van der Waals surface area contributed by atoms with Crippen molar-refractivity contribution in [3.63, 3.8) is 0 Å². The minimum absolute atomic E-state index is 0.191. The van der Waals surface area contributed by atoms with Crippen LogP contribution in [0, 0.1) is 0 Å². The molecule has 1 fully saturated rings. The van der Waals surface area contributed by atoms with Crippen LogP contribution in [-0.4, -0.2) is 38.1 Å². The molecule has 1 aromatic heterocycles. The summed E-state index contributed by atoms with van der Waals surface area (Å²) in [4.78, 5) is 14.8. The number of hydrogen-bond donors (Lipinski definition) is 0. The van der Waals surface area contributed by atoms with Gasteiger partial charge in [0.05, 0.1) is 14.2 Å². The quantitative estimate of drug-likeness (QED) is 0.578. The highest BCUT2D eigenvalue weighted by Gasteiger charge is 2.26. The third-order valence-corrected chi connectivity index (χ3v) is 6.35. The fourth-order valence-corrected chi connectivity index (χ4v) is 4.73. The molecule has 0 aliphatic carbocycles. The molecule has 5 nitrogen and oxygen atoms in total. The highest BCUT2D eigenvalue weighted by molar-refractivity contribution is 7.18. The van der Waals surface area contributed by atoms with E-state index in [0.717, 1.165) is 42.0 Å². The average Bonchev–Trinajstić information content (AvgIpc) is 3.41. The van der Waals surface area contributed by atoms with Gasteiger partial charge in [-0.1, -0.05) is 29.5 Å². The summed E-state index contributed by atoms with van der Waals surface area (Å²) >= 11 is 1.69. The van der Waals surface area contributed by atoms with Gasteiger partial charge in [-0.25, -0.2) is 0 Å². The molecule has 0 atom stereocenters. The molecule has 29 heavy (non-hydrogen) atoms. The molecule has 2 aromatic carbocycles. The Bertz CT molecular complexity index is 1050. The Hall–Kier alpha value is -2.86. The second kappa shape index (κ2) is 8.66. The van der Waals surface area contributed by atoms with Crippen LogP contribution in [0.4, 0.5) is 0 Å². The summed E-state index contributed by atoms with van der Waals surface area (Å²) in [6.07, 6.45) is 6.33. The van der Waals surface area contributed by atoms with Gasteiger partial charge in [-0.05, 0) is 42.7 Å². The summed E-state index contributed by atoms with van der Waals surface area (Å²) < 4.78 is 14.0. The molecule has 0 unspecified atom stereocenters. The van der Waals surface area contributed by atoms with Crippen molar-refractivity contribution in [3.05, 3.63) is 53.0 Å². The number of carbonyl (C=O) groups is 1. The lowest BCUT2D eigenvalue weighted by Gasteiger charge is -2.12. The van der Waals surface area contributed by atoms with Crippen molar-refractivity contribution >= 4 is 39.6 Å². The summed E-state index contributed by atoms with van der Waals surface area (Å²) in [5.74, 6) is 1.60. The Labute approximate surface area is 174 Å². The lowest BCUT2D eigenvalue weighted by Crippen LogP contribution is -2.44. The fourth-order valence-electron chi connectivity index (χ4n) is 3.67. The molecule has 1 amide bonds. The van der Waals surface area contributed by atoms with E-state index >= 15 is 0 Å². The standard InChI is InChI=1S/C23H25N2O3S/c1-27-19-11-9-17(15-20(19)28-2)10-12-23-25(16-22(26)24-13-5-6-14-24)18-7-3-4-8-21(18)29-23/h3-4,7-12,15H,5-6,13-14,16H2,1-2H3/q+1. The van der Waals surface area contributed by atoms with Crippen LogP contribution in [0.2, 0.25) is 0 Å². The Balaban J connectivity index is 1.66. The number of thiazole rings is 1. The van der Waals surface area contributed by atoms with E-state index in [1.54, 1.807) is 25.6 Å². The van der Waals surface area contributed by atoms with E-state index in [4.69, 9.17) is 9.47 Å². The molecular formula is C23H25N2O3S+. The molecule has 1 aliphatic heterocycles. The lowest BCUT2D eigenvalue weighted by molar-refractivity contribution is -0.656. The number of rotatable bonds is 6. The number of fused-ring (bicyclic) bond motifs is 1. The van der Waals surface area contributed by atoms with Crippen LogP contribution in [0.3, 0.4) is 0 Å². The Morgan fingerprint density at radius 2 is 1.83 bits per heavy atom. The zero-order chi connectivity index (χ0) is 20.2. The van der Waals surface area contributed by atoms with Crippen LogP contribution >= 0.6 is 11.3 Å². The SMILES string of the molecule is COc1ccc(C=Cc2sc3ccccc3[n+]2CC(=O)N2CCCC2)cc1OC. The summed E-state index contributed by atoms with van der Waals surface area (Å²) in [6, 6.07) is 14.1. The van der Waals surface area contributed by atoms with Gasteiger partial charge in [0.2, 0.25) is 12.1 Å². The topological polar surface area (TPSA) is 42.7 Å². The second-order valence-corrected chi connectivity index (χ2v) is 8.09. The first-order chi connectivity index (χ1) is 14.2. The van der Waals surface area contributed by atoms with Crippen molar-refractivity contribution in [2.45, 2.75) is 19.4 Å². The van der Waals surface area contributed by atoms with Crippen molar-refractivity contribution in [1.82, 2.24) is 4.90 Å². The van der Waals surface area contributed by atoms with Gasteiger partial charge < -0.3 is 14.4 Å². The largest absolute Gasteiger partial charge is 0.493 e. The molecule has 1 aliphatic rings. The summed E-state index contributed by atoms with van der Waals surface area (Å²) in [5.41, 5.74) is 2.11. The number of amides is 1. The highest BCUT2D eigenvalue weighted by atomic mass is 32.1. The number of benzene rings is 2. The van der Waals surface area contributed by atoms with E-state index in [-0.39, 0.29) is 5.91 Å². The van der Waals surface area contributed by atoms with Gasteiger partial charge in [-0.15, -0.1) is 0 Å². The van der Waals surface area contributed by atoms with Crippen LogP contribution in [-0.2, 0) is 11.3 Å². The molecule has 0 saturated carbocycles. The van der Waals surface area contributed by atoms with E-state index in [2.05, 4.69) is 22.8 Å². The Kier molecular flexibility index (Phi) is 5.81. The molecule has 0 radical (unpaired) electrons. The third kappa shape index (κ3) is 4.12. The first-order valence-corrected chi connectivity index (χ1v) is 10.6. The molecule has 4 rings (SSSR count). The monoisotopic (exact) mass is 409 g/mol.